The maximum atomic E-state index is 11.3. The van der Waals surface area contributed by atoms with Crippen LogP contribution in [0, 0.1) is 0 Å². The maximum Gasteiger partial charge on any atom is 0.176 e. The molecule has 0 saturated carbocycles. The van der Waals surface area contributed by atoms with E-state index in [1.807, 2.05) is 18.2 Å². The SMILES string of the molecule is CC(C)c1cccc(C(=O)CN)c1. The molecule has 0 aromatic heterocycles. The molecule has 0 aliphatic heterocycles. The minimum atomic E-state index is 0.00231. The van der Waals surface area contributed by atoms with Crippen LogP contribution in [-0.4, -0.2) is 12.3 Å². The largest absolute Gasteiger partial charge is 0.324 e. The first kappa shape index (κ1) is 9.93. The van der Waals surface area contributed by atoms with Gasteiger partial charge in [0.05, 0.1) is 6.54 Å². The summed E-state index contributed by atoms with van der Waals surface area (Å²) in [7, 11) is 0. The Morgan fingerprint density at radius 3 is 2.69 bits per heavy atom. The number of carbonyl (C=O) groups excluding carboxylic acids is 1. The van der Waals surface area contributed by atoms with E-state index < -0.39 is 0 Å². The molecule has 0 aliphatic rings. The van der Waals surface area contributed by atoms with E-state index in [2.05, 4.69) is 13.8 Å². The van der Waals surface area contributed by atoms with Gasteiger partial charge < -0.3 is 5.73 Å². The third-order valence-electron chi connectivity index (χ3n) is 2.06. The van der Waals surface area contributed by atoms with Crippen molar-refractivity contribution in [3.63, 3.8) is 0 Å². The fraction of sp³-hybridized carbons (Fsp3) is 0.364. The van der Waals surface area contributed by atoms with Gasteiger partial charge in [0.2, 0.25) is 0 Å². The van der Waals surface area contributed by atoms with Crippen LogP contribution >= 0.6 is 0 Å². The van der Waals surface area contributed by atoms with Gasteiger partial charge in [-0.2, -0.15) is 0 Å². The second-order valence-corrected chi connectivity index (χ2v) is 3.41. The van der Waals surface area contributed by atoms with Crippen LogP contribution in [0.25, 0.3) is 0 Å². The molecule has 0 radical (unpaired) electrons. The molecule has 2 heteroatoms. The first-order chi connectivity index (χ1) is 6.15. The fourth-order valence-corrected chi connectivity index (χ4v) is 1.19. The first-order valence-electron chi connectivity index (χ1n) is 4.48. The van der Waals surface area contributed by atoms with Crippen LogP contribution in [0.1, 0.15) is 35.7 Å². The third-order valence-corrected chi connectivity index (χ3v) is 2.06. The molecule has 0 unspecified atom stereocenters. The fourth-order valence-electron chi connectivity index (χ4n) is 1.19. The number of carbonyl (C=O) groups is 1. The molecule has 0 atom stereocenters. The Kier molecular flexibility index (Phi) is 3.20. The minimum absolute atomic E-state index is 0.00231. The van der Waals surface area contributed by atoms with Crippen molar-refractivity contribution in [3.8, 4) is 0 Å². The van der Waals surface area contributed by atoms with Crippen molar-refractivity contribution in [2.45, 2.75) is 19.8 Å². The van der Waals surface area contributed by atoms with Gasteiger partial charge in [-0.15, -0.1) is 0 Å². The Hall–Kier alpha value is -1.15. The molecule has 1 aromatic rings. The zero-order chi connectivity index (χ0) is 9.84. The summed E-state index contributed by atoms with van der Waals surface area (Å²) in [5, 5.41) is 0. The smallest absolute Gasteiger partial charge is 0.176 e. The standard InChI is InChI=1S/C11H15NO/c1-8(2)9-4-3-5-10(6-9)11(13)7-12/h3-6,8H,7,12H2,1-2H3. The average molecular weight is 177 g/mol. The lowest BCUT2D eigenvalue weighted by atomic mass is 9.99. The molecule has 1 rings (SSSR count). The summed E-state index contributed by atoms with van der Waals surface area (Å²) in [4.78, 5) is 11.3. The van der Waals surface area contributed by atoms with E-state index in [4.69, 9.17) is 5.73 Å². The van der Waals surface area contributed by atoms with Crippen molar-refractivity contribution in [1.82, 2.24) is 0 Å². The van der Waals surface area contributed by atoms with Crippen molar-refractivity contribution in [2.24, 2.45) is 5.73 Å². The Bertz CT molecular complexity index is 305. The van der Waals surface area contributed by atoms with Gasteiger partial charge in [-0.1, -0.05) is 32.0 Å². The lowest BCUT2D eigenvalue weighted by molar-refractivity contribution is 0.100. The number of Topliss-reactive ketones (excluding diaryl/α,β-unsaturated/α-hetero) is 1. The van der Waals surface area contributed by atoms with Crippen LogP contribution < -0.4 is 5.73 Å². The van der Waals surface area contributed by atoms with Crippen molar-refractivity contribution in [1.29, 1.82) is 0 Å². The molecule has 13 heavy (non-hydrogen) atoms. The summed E-state index contributed by atoms with van der Waals surface area (Å²) in [6.07, 6.45) is 0. The summed E-state index contributed by atoms with van der Waals surface area (Å²) >= 11 is 0. The number of hydrogen-bond donors (Lipinski definition) is 1. The molecule has 0 spiro atoms. The van der Waals surface area contributed by atoms with Crippen molar-refractivity contribution in [3.05, 3.63) is 35.4 Å². The zero-order valence-corrected chi connectivity index (χ0v) is 8.08. The molecule has 0 bridgehead atoms. The van der Waals surface area contributed by atoms with Gasteiger partial charge in [-0.05, 0) is 17.5 Å². The highest BCUT2D eigenvalue weighted by molar-refractivity contribution is 5.97. The highest BCUT2D eigenvalue weighted by atomic mass is 16.1. The van der Waals surface area contributed by atoms with Gasteiger partial charge in [0, 0.05) is 5.56 Å². The van der Waals surface area contributed by atoms with Gasteiger partial charge in [0.25, 0.3) is 0 Å². The van der Waals surface area contributed by atoms with Gasteiger partial charge in [0.1, 0.15) is 0 Å². The second-order valence-electron chi connectivity index (χ2n) is 3.41. The van der Waals surface area contributed by atoms with Crippen LogP contribution in [0.2, 0.25) is 0 Å². The van der Waals surface area contributed by atoms with Crippen LogP contribution in [0.15, 0.2) is 24.3 Å². The number of benzene rings is 1. The summed E-state index contributed by atoms with van der Waals surface area (Å²) in [5.74, 6) is 0.452. The van der Waals surface area contributed by atoms with E-state index in [1.165, 1.54) is 5.56 Å². The topological polar surface area (TPSA) is 43.1 Å². The Morgan fingerprint density at radius 1 is 1.46 bits per heavy atom. The molecule has 1 aromatic carbocycles. The van der Waals surface area contributed by atoms with Crippen molar-refractivity contribution < 1.29 is 4.79 Å². The van der Waals surface area contributed by atoms with Crippen LogP contribution in [0.4, 0.5) is 0 Å². The molecule has 70 valence electrons. The van der Waals surface area contributed by atoms with E-state index in [9.17, 15) is 4.79 Å². The molecular weight excluding hydrogens is 162 g/mol. The second kappa shape index (κ2) is 4.19. The van der Waals surface area contributed by atoms with Gasteiger partial charge in [0.15, 0.2) is 5.78 Å². The van der Waals surface area contributed by atoms with Crippen molar-refractivity contribution in [2.75, 3.05) is 6.54 Å². The summed E-state index contributed by atoms with van der Waals surface area (Å²) in [5.41, 5.74) is 7.18. The Labute approximate surface area is 78.8 Å². The lowest BCUT2D eigenvalue weighted by Crippen LogP contribution is -2.13. The normalized spacial score (nSPS) is 10.5. The van der Waals surface area contributed by atoms with Gasteiger partial charge in [-0.25, -0.2) is 0 Å². The number of hydrogen-bond acceptors (Lipinski definition) is 2. The van der Waals surface area contributed by atoms with E-state index in [0.29, 0.717) is 11.5 Å². The van der Waals surface area contributed by atoms with Gasteiger partial charge >= 0.3 is 0 Å². The van der Waals surface area contributed by atoms with E-state index in [1.54, 1.807) is 6.07 Å². The minimum Gasteiger partial charge on any atom is -0.324 e. The highest BCUT2D eigenvalue weighted by Crippen LogP contribution is 2.15. The molecule has 0 fully saturated rings. The first-order valence-corrected chi connectivity index (χ1v) is 4.48. The van der Waals surface area contributed by atoms with E-state index in [-0.39, 0.29) is 12.3 Å². The molecule has 0 amide bonds. The predicted octanol–water partition coefficient (Wildman–Crippen LogP) is 1.95. The lowest BCUT2D eigenvalue weighted by Gasteiger charge is -2.06. The number of ketones is 1. The predicted molar refractivity (Wildman–Crippen MR) is 53.9 cm³/mol. The average Bonchev–Trinajstić information content (AvgIpc) is 2.17. The number of rotatable bonds is 3. The Balaban J connectivity index is 2.98. The van der Waals surface area contributed by atoms with Crippen LogP contribution in [0.3, 0.4) is 0 Å². The maximum absolute atomic E-state index is 11.3. The van der Waals surface area contributed by atoms with Crippen LogP contribution in [-0.2, 0) is 0 Å². The van der Waals surface area contributed by atoms with E-state index in [0.717, 1.165) is 0 Å². The molecular formula is C11H15NO. The molecule has 0 aliphatic carbocycles. The zero-order valence-electron chi connectivity index (χ0n) is 8.08. The molecule has 0 heterocycles. The number of nitrogens with two attached hydrogens (primary N) is 1. The van der Waals surface area contributed by atoms with Gasteiger partial charge in [-0.3, -0.25) is 4.79 Å². The van der Waals surface area contributed by atoms with Crippen LogP contribution in [0.5, 0.6) is 0 Å². The van der Waals surface area contributed by atoms with E-state index >= 15 is 0 Å². The molecule has 0 saturated heterocycles. The molecule has 2 N–H and O–H groups in total. The third kappa shape index (κ3) is 2.39. The summed E-state index contributed by atoms with van der Waals surface area (Å²) < 4.78 is 0. The summed E-state index contributed by atoms with van der Waals surface area (Å²) in [6, 6.07) is 7.65. The Morgan fingerprint density at radius 2 is 2.15 bits per heavy atom. The van der Waals surface area contributed by atoms with Crippen molar-refractivity contribution >= 4 is 5.78 Å². The summed E-state index contributed by atoms with van der Waals surface area (Å²) in [6.45, 7) is 4.29. The quantitative estimate of drug-likeness (QED) is 0.717. The highest BCUT2D eigenvalue weighted by Gasteiger charge is 2.05. The molecule has 2 nitrogen and oxygen atoms in total. The monoisotopic (exact) mass is 177 g/mol.